The van der Waals surface area contributed by atoms with E-state index < -0.39 is 17.2 Å². The van der Waals surface area contributed by atoms with Crippen LogP contribution in [0.25, 0.3) is 0 Å². The molecule has 0 fully saturated rings. The molecular formula is C12H10FNO3. The molecule has 0 unspecified atom stereocenters. The second kappa shape index (κ2) is 4.21. The maximum Gasteiger partial charge on any atom is 0.202 e. The van der Waals surface area contributed by atoms with E-state index in [2.05, 4.69) is 5.32 Å². The van der Waals surface area contributed by atoms with Gasteiger partial charge in [-0.1, -0.05) is 0 Å². The molecule has 0 aliphatic heterocycles. The fraction of sp³-hybridized carbons (Fsp3) is 0. The van der Waals surface area contributed by atoms with Gasteiger partial charge in [0.2, 0.25) is 5.75 Å². The minimum atomic E-state index is -0.600. The quantitative estimate of drug-likeness (QED) is 0.477. The standard InChI is InChI=1S/C12H10FNO3/c13-7-1-3-8(4-2-7)14-9-5-6-10(15)12(17)11(9)16/h1-6,14-17H. The molecule has 0 aliphatic rings. The van der Waals surface area contributed by atoms with Crippen LogP contribution in [0.1, 0.15) is 0 Å². The van der Waals surface area contributed by atoms with Crippen molar-refractivity contribution in [3.8, 4) is 17.2 Å². The Morgan fingerprint density at radius 1 is 0.824 bits per heavy atom. The lowest BCUT2D eigenvalue weighted by molar-refractivity contribution is 0.369. The molecule has 2 aromatic carbocycles. The molecule has 4 N–H and O–H groups in total. The van der Waals surface area contributed by atoms with E-state index in [1.807, 2.05) is 0 Å². The van der Waals surface area contributed by atoms with E-state index in [4.69, 9.17) is 5.11 Å². The lowest BCUT2D eigenvalue weighted by Crippen LogP contribution is -1.91. The fourth-order valence-electron chi connectivity index (χ4n) is 1.36. The average Bonchev–Trinajstić information content (AvgIpc) is 2.33. The molecule has 0 bridgehead atoms. The molecule has 2 aromatic rings. The Kier molecular flexibility index (Phi) is 2.74. The maximum absolute atomic E-state index is 12.7. The fourth-order valence-corrected chi connectivity index (χ4v) is 1.36. The van der Waals surface area contributed by atoms with Gasteiger partial charge in [0.15, 0.2) is 11.5 Å². The summed E-state index contributed by atoms with van der Waals surface area (Å²) in [6, 6.07) is 8.13. The predicted octanol–water partition coefficient (Wildman–Crippen LogP) is 2.69. The normalized spacial score (nSPS) is 10.2. The molecular weight excluding hydrogens is 225 g/mol. The van der Waals surface area contributed by atoms with Crippen molar-refractivity contribution in [1.82, 2.24) is 0 Å². The van der Waals surface area contributed by atoms with E-state index in [-0.39, 0.29) is 11.5 Å². The van der Waals surface area contributed by atoms with E-state index in [1.54, 1.807) is 0 Å². The van der Waals surface area contributed by atoms with Gasteiger partial charge in [-0.25, -0.2) is 4.39 Å². The minimum Gasteiger partial charge on any atom is -0.504 e. The van der Waals surface area contributed by atoms with Crippen molar-refractivity contribution >= 4 is 11.4 Å². The topological polar surface area (TPSA) is 72.7 Å². The molecule has 0 aliphatic carbocycles. The summed E-state index contributed by atoms with van der Waals surface area (Å²) in [7, 11) is 0. The molecule has 0 aromatic heterocycles. The van der Waals surface area contributed by atoms with Gasteiger partial charge in [0, 0.05) is 5.69 Å². The second-order valence-electron chi connectivity index (χ2n) is 3.46. The van der Waals surface area contributed by atoms with Crippen LogP contribution in [0.5, 0.6) is 17.2 Å². The molecule has 5 heteroatoms. The van der Waals surface area contributed by atoms with Crippen LogP contribution in [0.15, 0.2) is 36.4 Å². The lowest BCUT2D eigenvalue weighted by Gasteiger charge is -2.10. The van der Waals surface area contributed by atoms with Gasteiger partial charge in [-0.05, 0) is 36.4 Å². The summed E-state index contributed by atoms with van der Waals surface area (Å²) in [6.45, 7) is 0. The van der Waals surface area contributed by atoms with Gasteiger partial charge >= 0.3 is 0 Å². The van der Waals surface area contributed by atoms with Crippen molar-refractivity contribution in [2.75, 3.05) is 5.32 Å². The van der Waals surface area contributed by atoms with E-state index in [9.17, 15) is 14.6 Å². The van der Waals surface area contributed by atoms with Crippen LogP contribution in [-0.4, -0.2) is 15.3 Å². The van der Waals surface area contributed by atoms with E-state index in [0.717, 1.165) is 0 Å². The molecule has 2 rings (SSSR count). The second-order valence-corrected chi connectivity index (χ2v) is 3.46. The highest BCUT2D eigenvalue weighted by Crippen LogP contribution is 2.41. The van der Waals surface area contributed by atoms with Crippen molar-refractivity contribution in [2.24, 2.45) is 0 Å². The summed E-state index contributed by atoms with van der Waals surface area (Å²) in [5.41, 5.74) is 0.763. The Morgan fingerprint density at radius 3 is 2.12 bits per heavy atom. The summed E-state index contributed by atoms with van der Waals surface area (Å²) in [4.78, 5) is 0. The molecule has 0 saturated carbocycles. The van der Waals surface area contributed by atoms with Gasteiger partial charge in [0.1, 0.15) is 5.82 Å². The van der Waals surface area contributed by atoms with E-state index in [1.165, 1.54) is 36.4 Å². The minimum absolute atomic E-state index is 0.215. The van der Waals surface area contributed by atoms with E-state index >= 15 is 0 Å². The molecule has 0 spiro atoms. The van der Waals surface area contributed by atoms with Gasteiger partial charge in [-0.3, -0.25) is 0 Å². The number of benzene rings is 2. The smallest absolute Gasteiger partial charge is 0.202 e. The Bertz CT molecular complexity index is 540. The number of nitrogens with one attached hydrogen (secondary N) is 1. The summed E-state index contributed by atoms with van der Waals surface area (Å²) in [6.07, 6.45) is 0. The van der Waals surface area contributed by atoms with Gasteiger partial charge in [0.05, 0.1) is 5.69 Å². The van der Waals surface area contributed by atoms with Crippen LogP contribution >= 0.6 is 0 Å². The van der Waals surface area contributed by atoms with Crippen LogP contribution in [0.2, 0.25) is 0 Å². The van der Waals surface area contributed by atoms with E-state index in [0.29, 0.717) is 5.69 Å². The van der Waals surface area contributed by atoms with Crippen molar-refractivity contribution in [1.29, 1.82) is 0 Å². The zero-order valence-corrected chi connectivity index (χ0v) is 8.68. The third kappa shape index (κ3) is 2.23. The number of phenols is 3. The van der Waals surface area contributed by atoms with Crippen LogP contribution in [0.3, 0.4) is 0 Å². The van der Waals surface area contributed by atoms with Gasteiger partial charge in [0.25, 0.3) is 0 Å². The predicted molar refractivity (Wildman–Crippen MR) is 61.1 cm³/mol. The molecule has 0 heterocycles. The molecule has 88 valence electrons. The molecule has 0 saturated heterocycles. The number of halogens is 1. The van der Waals surface area contributed by atoms with Gasteiger partial charge in [-0.15, -0.1) is 0 Å². The Balaban J connectivity index is 2.30. The molecule has 17 heavy (non-hydrogen) atoms. The maximum atomic E-state index is 12.7. The largest absolute Gasteiger partial charge is 0.504 e. The Morgan fingerprint density at radius 2 is 1.47 bits per heavy atom. The summed E-state index contributed by atoms with van der Waals surface area (Å²) in [5.74, 6) is -1.84. The Labute approximate surface area is 96.6 Å². The first-order chi connectivity index (χ1) is 8.08. The van der Waals surface area contributed by atoms with Crippen molar-refractivity contribution < 1.29 is 19.7 Å². The monoisotopic (exact) mass is 235 g/mol. The van der Waals surface area contributed by atoms with Gasteiger partial charge < -0.3 is 20.6 Å². The first-order valence-electron chi connectivity index (χ1n) is 4.84. The molecule has 0 amide bonds. The Hall–Kier alpha value is -2.43. The lowest BCUT2D eigenvalue weighted by atomic mass is 10.2. The number of anilines is 2. The highest BCUT2D eigenvalue weighted by Gasteiger charge is 2.10. The van der Waals surface area contributed by atoms with Crippen molar-refractivity contribution in [3.05, 3.63) is 42.2 Å². The number of hydrogen-bond acceptors (Lipinski definition) is 4. The summed E-state index contributed by atoms with van der Waals surface area (Å²) >= 11 is 0. The number of phenolic OH excluding ortho intramolecular Hbond substituents is 3. The first kappa shape index (κ1) is 11.1. The number of rotatable bonds is 2. The highest BCUT2D eigenvalue weighted by atomic mass is 19.1. The van der Waals surface area contributed by atoms with Crippen LogP contribution in [0, 0.1) is 5.82 Å². The third-order valence-corrected chi connectivity index (χ3v) is 2.25. The van der Waals surface area contributed by atoms with Crippen LogP contribution in [-0.2, 0) is 0 Å². The molecule has 4 nitrogen and oxygen atoms in total. The summed E-state index contributed by atoms with van der Waals surface area (Å²) in [5, 5.41) is 30.8. The highest BCUT2D eigenvalue weighted by molar-refractivity contribution is 5.71. The zero-order chi connectivity index (χ0) is 12.4. The number of hydrogen-bond donors (Lipinski definition) is 4. The first-order valence-corrected chi connectivity index (χ1v) is 4.84. The SMILES string of the molecule is Oc1ccc(Nc2ccc(F)cc2)c(O)c1O. The summed E-state index contributed by atoms with van der Waals surface area (Å²) < 4.78 is 12.7. The third-order valence-electron chi connectivity index (χ3n) is 2.25. The average molecular weight is 235 g/mol. The number of aromatic hydroxyl groups is 3. The molecule has 0 radical (unpaired) electrons. The molecule has 0 atom stereocenters. The van der Waals surface area contributed by atoms with Crippen LogP contribution < -0.4 is 5.32 Å². The van der Waals surface area contributed by atoms with Crippen LogP contribution in [0.4, 0.5) is 15.8 Å². The van der Waals surface area contributed by atoms with Gasteiger partial charge in [-0.2, -0.15) is 0 Å². The van der Waals surface area contributed by atoms with Crippen molar-refractivity contribution in [3.63, 3.8) is 0 Å². The zero-order valence-electron chi connectivity index (χ0n) is 8.68. The van der Waals surface area contributed by atoms with Crippen molar-refractivity contribution in [2.45, 2.75) is 0 Å².